The van der Waals surface area contributed by atoms with Crippen molar-refractivity contribution in [1.82, 2.24) is 0 Å². The largest absolute Gasteiger partial charge is 0.328 e. The van der Waals surface area contributed by atoms with Crippen LogP contribution < -0.4 is 0 Å². The third kappa shape index (κ3) is 1.27. The monoisotopic (exact) mass is 122 g/mol. The number of hydrogen-bond donors (Lipinski definition) is 2. The fourth-order valence-corrected chi connectivity index (χ4v) is 1.23. The van der Waals surface area contributed by atoms with Crippen LogP contribution in [0, 0.1) is 0 Å². The second kappa shape index (κ2) is 1.31. The van der Waals surface area contributed by atoms with Crippen LogP contribution in [0.25, 0.3) is 0 Å². The lowest BCUT2D eigenvalue weighted by Crippen LogP contribution is -1.81. The van der Waals surface area contributed by atoms with Crippen molar-refractivity contribution in [1.29, 1.82) is 0 Å². The molecule has 1 rings (SSSR count). The van der Waals surface area contributed by atoms with Crippen molar-refractivity contribution in [2.24, 2.45) is 0 Å². The van der Waals surface area contributed by atoms with Gasteiger partial charge in [-0.15, -0.1) is 0 Å². The van der Waals surface area contributed by atoms with Crippen LogP contribution in [0.1, 0.15) is 12.8 Å². The summed E-state index contributed by atoms with van der Waals surface area (Å²) >= 11 is 0. The van der Waals surface area contributed by atoms with Gasteiger partial charge in [0.15, 0.2) is 0 Å². The Hall–Kier alpha value is 0.150. The SMILES string of the molecule is O=P(O)(O)C1CC1. The Bertz CT molecular complexity index is 111. The summed E-state index contributed by atoms with van der Waals surface area (Å²) in [6.07, 6.45) is 1.43. The molecular weight excluding hydrogens is 115 g/mol. The van der Waals surface area contributed by atoms with Gasteiger partial charge in [-0.1, -0.05) is 0 Å². The van der Waals surface area contributed by atoms with Gasteiger partial charge in [-0.2, -0.15) is 0 Å². The molecule has 2 N–H and O–H groups in total. The molecule has 7 heavy (non-hydrogen) atoms. The van der Waals surface area contributed by atoms with Crippen LogP contribution in [-0.2, 0) is 4.57 Å². The van der Waals surface area contributed by atoms with E-state index in [2.05, 4.69) is 0 Å². The Morgan fingerprint density at radius 3 is 1.86 bits per heavy atom. The normalized spacial score (nSPS) is 22.6. The maximum atomic E-state index is 10.1. The zero-order chi connectivity index (χ0) is 5.49. The molecule has 1 fully saturated rings. The van der Waals surface area contributed by atoms with E-state index in [0.29, 0.717) is 12.8 Å². The van der Waals surface area contributed by atoms with Gasteiger partial charge in [0.2, 0.25) is 0 Å². The number of rotatable bonds is 1. The van der Waals surface area contributed by atoms with Crippen molar-refractivity contribution < 1.29 is 14.4 Å². The first kappa shape index (κ1) is 5.29. The minimum Gasteiger partial charge on any atom is -0.324 e. The molecule has 1 saturated carbocycles. The Kier molecular flexibility index (Phi) is 0.991. The molecular formula is C3H7O3P. The average molecular weight is 122 g/mol. The van der Waals surface area contributed by atoms with Crippen molar-refractivity contribution in [3.05, 3.63) is 0 Å². The van der Waals surface area contributed by atoms with Crippen LogP contribution in [0.3, 0.4) is 0 Å². The topological polar surface area (TPSA) is 57.5 Å². The average Bonchev–Trinajstić information content (AvgIpc) is 1.99. The summed E-state index contributed by atoms with van der Waals surface area (Å²) in [7, 11) is -3.63. The van der Waals surface area contributed by atoms with Crippen molar-refractivity contribution in [2.75, 3.05) is 0 Å². The predicted octanol–water partition coefficient (Wildman–Crippen LogP) is 0.326. The van der Waals surface area contributed by atoms with E-state index in [-0.39, 0.29) is 5.66 Å². The Morgan fingerprint density at radius 2 is 1.86 bits per heavy atom. The molecule has 0 aromatic heterocycles. The van der Waals surface area contributed by atoms with Gasteiger partial charge in [0.1, 0.15) is 0 Å². The van der Waals surface area contributed by atoms with Crippen LogP contribution in [0.15, 0.2) is 0 Å². The zero-order valence-corrected chi connectivity index (χ0v) is 4.64. The van der Waals surface area contributed by atoms with Crippen molar-refractivity contribution >= 4 is 7.60 Å². The minimum absolute atomic E-state index is 0.285. The molecule has 0 amide bonds. The minimum atomic E-state index is -3.63. The molecule has 0 unspecified atom stereocenters. The fraction of sp³-hybridized carbons (Fsp3) is 1.00. The van der Waals surface area contributed by atoms with Crippen LogP contribution in [0.4, 0.5) is 0 Å². The van der Waals surface area contributed by atoms with Gasteiger partial charge in [0.25, 0.3) is 0 Å². The van der Waals surface area contributed by atoms with E-state index in [1.54, 1.807) is 0 Å². The maximum Gasteiger partial charge on any atom is 0.328 e. The molecule has 1 aliphatic rings. The van der Waals surface area contributed by atoms with Crippen molar-refractivity contribution in [3.8, 4) is 0 Å². The molecule has 3 nitrogen and oxygen atoms in total. The van der Waals surface area contributed by atoms with Gasteiger partial charge < -0.3 is 9.79 Å². The van der Waals surface area contributed by atoms with Gasteiger partial charge in [-0.25, -0.2) is 0 Å². The number of hydrogen-bond acceptors (Lipinski definition) is 1. The molecule has 0 aromatic carbocycles. The first-order valence-electron chi connectivity index (χ1n) is 2.16. The quantitative estimate of drug-likeness (QED) is 0.492. The van der Waals surface area contributed by atoms with E-state index in [1.165, 1.54) is 0 Å². The molecule has 0 spiro atoms. The highest BCUT2D eigenvalue weighted by molar-refractivity contribution is 7.52. The van der Waals surface area contributed by atoms with Gasteiger partial charge in [-0.3, -0.25) is 4.57 Å². The molecule has 0 heterocycles. The summed E-state index contributed by atoms with van der Waals surface area (Å²) < 4.78 is 10.1. The second-order valence-electron chi connectivity index (χ2n) is 1.82. The van der Waals surface area contributed by atoms with Crippen LogP contribution >= 0.6 is 7.60 Å². The molecule has 0 atom stereocenters. The highest BCUT2D eigenvalue weighted by Crippen LogP contribution is 2.53. The summed E-state index contributed by atoms with van der Waals surface area (Å²) in [5.41, 5.74) is -0.285. The molecule has 0 aromatic rings. The van der Waals surface area contributed by atoms with Gasteiger partial charge in [-0.05, 0) is 12.8 Å². The predicted molar refractivity (Wildman–Crippen MR) is 25.1 cm³/mol. The second-order valence-corrected chi connectivity index (χ2v) is 3.73. The summed E-state index contributed by atoms with van der Waals surface area (Å²) in [5.74, 6) is 0. The van der Waals surface area contributed by atoms with E-state index in [4.69, 9.17) is 9.79 Å². The third-order valence-electron chi connectivity index (χ3n) is 1.02. The fourth-order valence-electron chi connectivity index (χ4n) is 0.411. The lowest BCUT2D eigenvalue weighted by molar-refractivity contribution is 0.371. The summed E-state index contributed by atoms with van der Waals surface area (Å²) in [5, 5.41) is 0. The molecule has 0 saturated heterocycles. The van der Waals surface area contributed by atoms with Crippen LogP contribution in [0.5, 0.6) is 0 Å². The molecule has 0 bridgehead atoms. The van der Waals surface area contributed by atoms with Gasteiger partial charge >= 0.3 is 7.60 Å². The first-order chi connectivity index (χ1) is 3.11. The molecule has 1 aliphatic carbocycles. The van der Waals surface area contributed by atoms with Crippen LogP contribution in [-0.4, -0.2) is 15.4 Å². The van der Waals surface area contributed by atoms with Crippen LogP contribution in [0.2, 0.25) is 0 Å². The first-order valence-corrected chi connectivity index (χ1v) is 3.84. The Labute approximate surface area is 41.5 Å². The zero-order valence-electron chi connectivity index (χ0n) is 3.74. The highest BCUT2D eigenvalue weighted by atomic mass is 31.2. The van der Waals surface area contributed by atoms with E-state index >= 15 is 0 Å². The molecule has 42 valence electrons. The standard InChI is InChI=1S/C3H7O3P/c4-7(5,6)3-1-2-3/h3H,1-2H2,(H2,4,5,6). The van der Waals surface area contributed by atoms with E-state index in [1.807, 2.05) is 0 Å². The van der Waals surface area contributed by atoms with Crippen molar-refractivity contribution in [3.63, 3.8) is 0 Å². The summed E-state index contributed by atoms with van der Waals surface area (Å²) in [4.78, 5) is 16.5. The summed E-state index contributed by atoms with van der Waals surface area (Å²) in [6, 6.07) is 0. The Balaban J connectivity index is 2.52. The molecule has 0 radical (unpaired) electrons. The third-order valence-corrected chi connectivity index (χ3v) is 2.49. The Morgan fingerprint density at radius 1 is 1.43 bits per heavy atom. The summed E-state index contributed by atoms with van der Waals surface area (Å²) in [6.45, 7) is 0. The van der Waals surface area contributed by atoms with E-state index in [9.17, 15) is 4.57 Å². The van der Waals surface area contributed by atoms with Gasteiger partial charge in [0.05, 0.1) is 5.66 Å². The van der Waals surface area contributed by atoms with Crippen molar-refractivity contribution in [2.45, 2.75) is 18.5 Å². The highest BCUT2D eigenvalue weighted by Gasteiger charge is 2.38. The molecule has 0 aliphatic heterocycles. The lowest BCUT2D eigenvalue weighted by Gasteiger charge is -1.95. The molecule has 4 heteroatoms. The van der Waals surface area contributed by atoms with Gasteiger partial charge in [0, 0.05) is 0 Å². The maximum absolute atomic E-state index is 10.1. The van der Waals surface area contributed by atoms with E-state index < -0.39 is 7.60 Å². The smallest absolute Gasteiger partial charge is 0.324 e. The lowest BCUT2D eigenvalue weighted by atomic mass is 11.0. The van der Waals surface area contributed by atoms with E-state index in [0.717, 1.165) is 0 Å².